The second-order valence-corrected chi connectivity index (χ2v) is 11.6. The van der Waals surface area contributed by atoms with Crippen molar-refractivity contribution in [3.05, 3.63) is 53.6 Å². The Balaban J connectivity index is 1.59. The van der Waals surface area contributed by atoms with Crippen LogP contribution in [0.3, 0.4) is 0 Å². The Bertz CT molecular complexity index is 1170. The Labute approximate surface area is 240 Å². The molecule has 0 radical (unpaired) electrons. The van der Waals surface area contributed by atoms with Crippen LogP contribution in [0.1, 0.15) is 58.3 Å². The number of amides is 2. The quantitative estimate of drug-likeness (QED) is 0.282. The molecule has 1 spiro atoms. The third-order valence-corrected chi connectivity index (χ3v) is 9.08. The number of likely N-dealkylation sites (tertiary alicyclic amines) is 1. The zero-order valence-electron chi connectivity index (χ0n) is 23.1. The minimum absolute atomic E-state index is 0.125. The average Bonchev–Trinajstić information content (AvgIpc) is 3.30. The molecule has 40 heavy (non-hydrogen) atoms. The number of esters is 1. The first-order valence-electron chi connectivity index (χ1n) is 14.6. The summed E-state index contributed by atoms with van der Waals surface area (Å²) in [7, 11) is 0. The van der Waals surface area contributed by atoms with E-state index in [4.69, 9.17) is 26.2 Å². The monoisotopic (exact) mass is 570 g/mol. The van der Waals surface area contributed by atoms with Crippen molar-refractivity contribution in [1.82, 2.24) is 4.90 Å². The van der Waals surface area contributed by atoms with Gasteiger partial charge in [-0.1, -0.05) is 55.7 Å². The number of aliphatic hydroxyl groups excluding tert-OH is 1. The fourth-order valence-corrected chi connectivity index (χ4v) is 7.00. The number of hydrogen-bond acceptors (Lipinski definition) is 6. The van der Waals surface area contributed by atoms with E-state index in [-0.39, 0.29) is 18.4 Å². The molecule has 0 aromatic heterocycles. The number of fused-ring (bicyclic) bond motifs is 2. The van der Waals surface area contributed by atoms with Crippen molar-refractivity contribution in [2.75, 3.05) is 31.2 Å². The minimum Gasteiger partial charge on any atom is -0.465 e. The third-order valence-electron chi connectivity index (χ3n) is 8.83. The number of unbranched alkanes of at least 4 members (excludes halogenated alkanes) is 3. The first-order chi connectivity index (χ1) is 19.4. The SMILES string of the molecule is CC[C@@]12/C=C\CCCCOC(=O)[C@@H]1[C@H]1C(=O)N(CCCCCCO)C3C(=O)N(c4ccc(Cl)cc4)CC=C[C@@]31O2. The van der Waals surface area contributed by atoms with Gasteiger partial charge < -0.3 is 24.4 Å². The molecule has 1 N–H and O–H groups in total. The summed E-state index contributed by atoms with van der Waals surface area (Å²) in [6.07, 6.45) is 13.7. The number of nitrogens with zero attached hydrogens (tertiary/aromatic N) is 2. The van der Waals surface area contributed by atoms with Gasteiger partial charge in [0.15, 0.2) is 0 Å². The molecule has 0 bridgehead atoms. The van der Waals surface area contributed by atoms with E-state index in [0.29, 0.717) is 49.7 Å². The largest absolute Gasteiger partial charge is 0.465 e. The lowest BCUT2D eigenvalue weighted by molar-refractivity contribution is -0.160. The second-order valence-electron chi connectivity index (χ2n) is 11.2. The van der Waals surface area contributed by atoms with Gasteiger partial charge in [0.1, 0.15) is 23.2 Å². The molecule has 9 heteroatoms. The van der Waals surface area contributed by atoms with Crippen LogP contribution in [0.5, 0.6) is 0 Å². The number of cyclic esters (lactones) is 1. The number of carbonyl (C=O) groups is 3. The van der Waals surface area contributed by atoms with Crippen LogP contribution < -0.4 is 4.90 Å². The topological polar surface area (TPSA) is 96.4 Å². The van der Waals surface area contributed by atoms with Gasteiger partial charge in [0.05, 0.1) is 12.5 Å². The van der Waals surface area contributed by atoms with E-state index in [1.165, 1.54) is 0 Å². The maximum Gasteiger partial charge on any atom is 0.313 e. The predicted molar refractivity (Wildman–Crippen MR) is 152 cm³/mol. The van der Waals surface area contributed by atoms with E-state index in [1.54, 1.807) is 34.1 Å². The summed E-state index contributed by atoms with van der Waals surface area (Å²) >= 11 is 6.12. The van der Waals surface area contributed by atoms with Gasteiger partial charge in [0, 0.05) is 30.4 Å². The van der Waals surface area contributed by atoms with Crippen molar-refractivity contribution in [3.8, 4) is 0 Å². The molecule has 216 valence electrons. The smallest absolute Gasteiger partial charge is 0.313 e. The molecule has 1 unspecified atom stereocenters. The standard InChI is InChI=1S/C31H39ClN2O6/c1-2-30-16-7-3-6-10-21-39-29(38)25(30)24-27(36)34(18-8-4-5-9-20-35)26-28(37)33(19-11-17-31(24,26)40-30)23-14-12-22(32)13-15-23/h7,11-17,24-26,35H,2-6,8-10,18-21H2,1H3/b16-7-/t24-,25-,26?,30+,31-/m0/s1. The van der Waals surface area contributed by atoms with Gasteiger partial charge >= 0.3 is 5.97 Å². The first kappa shape index (κ1) is 28.8. The van der Waals surface area contributed by atoms with Crippen LogP contribution in [-0.4, -0.2) is 71.3 Å². The predicted octanol–water partition coefficient (Wildman–Crippen LogP) is 4.44. The number of ether oxygens (including phenoxy) is 2. The summed E-state index contributed by atoms with van der Waals surface area (Å²) in [6, 6.07) is 6.14. The summed E-state index contributed by atoms with van der Waals surface area (Å²) in [6.45, 7) is 3.04. The second kappa shape index (κ2) is 12.0. The molecule has 2 amide bonds. The molecule has 0 aliphatic carbocycles. The summed E-state index contributed by atoms with van der Waals surface area (Å²) < 4.78 is 12.7. The van der Waals surface area contributed by atoms with Gasteiger partial charge in [-0.05, 0) is 62.8 Å². The Morgan fingerprint density at radius 3 is 2.50 bits per heavy atom. The molecule has 1 aromatic rings. The van der Waals surface area contributed by atoms with Crippen molar-refractivity contribution in [2.45, 2.75) is 75.5 Å². The lowest BCUT2D eigenvalue weighted by Crippen LogP contribution is -2.56. The highest BCUT2D eigenvalue weighted by Gasteiger charge is 2.75. The molecule has 5 atom stereocenters. The molecule has 4 heterocycles. The molecule has 0 saturated carbocycles. The van der Waals surface area contributed by atoms with Gasteiger partial charge in [0.2, 0.25) is 5.91 Å². The van der Waals surface area contributed by atoms with Gasteiger partial charge in [-0.15, -0.1) is 0 Å². The first-order valence-corrected chi connectivity index (χ1v) is 15.0. The highest BCUT2D eigenvalue weighted by atomic mass is 35.5. The number of rotatable bonds is 8. The van der Waals surface area contributed by atoms with Crippen LogP contribution in [0, 0.1) is 11.8 Å². The van der Waals surface area contributed by atoms with E-state index >= 15 is 0 Å². The molecule has 4 aliphatic rings. The number of carbonyl (C=O) groups excluding carboxylic acids is 3. The van der Waals surface area contributed by atoms with Crippen LogP contribution in [-0.2, 0) is 23.9 Å². The normalized spacial score (nSPS) is 32.8. The number of benzene rings is 1. The van der Waals surface area contributed by atoms with Crippen LogP contribution in [0.4, 0.5) is 5.69 Å². The summed E-state index contributed by atoms with van der Waals surface area (Å²) in [5.41, 5.74) is -1.69. The average molecular weight is 571 g/mol. The summed E-state index contributed by atoms with van der Waals surface area (Å²) in [5, 5.41) is 9.73. The maximum atomic E-state index is 14.5. The van der Waals surface area contributed by atoms with Crippen LogP contribution in [0.2, 0.25) is 5.02 Å². The molecule has 1 aromatic carbocycles. The Hall–Kier alpha value is -2.68. The number of halogens is 1. The minimum atomic E-state index is -1.31. The molecular weight excluding hydrogens is 532 g/mol. The summed E-state index contributed by atoms with van der Waals surface area (Å²) in [5.74, 6) is -2.67. The van der Waals surface area contributed by atoms with Crippen molar-refractivity contribution < 1.29 is 29.0 Å². The van der Waals surface area contributed by atoms with Crippen molar-refractivity contribution in [1.29, 1.82) is 0 Å². The zero-order valence-corrected chi connectivity index (χ0v) is 23.9. The number of anilines is 1. The zero-order chi connectivity index (χ0) is 28.3. The van der Waals surface area contributed by atoms with E-state index < -0.39 is 35.0 Å². The van der Waals surface area contributed by atoms with E-state index in [9.17, 15) is 14.4 Å². The van der Waals surface area contributed by atoms with Crippen molar-refractivity contribution in [2.24, 2.45) is 11.8 Å². The van der Waals surface area contributed by atoms with Gasteiger partial charge in [-0.25, -0.2) is 0 Å². The highest BCUT2D eigenvalue weighted by Crippen LogP contribution is 2.58. The lowest BCUT2D eigenvalue weighted by Gasteiger charge is -2.38. The maximum absolute atomic E-state index is 14.5. The molecule has 8 nitrogen and oxygen atoms in total. The number of aliphatic hydroxyl groups is 1. The summed E-state index contributed by atoms with van der Waals surface area (Å²) in [4.78, 5) is 45.9. The molecular formula is C31H39ClN2O6. The van der Waals surface area contributed by atoms with Gasteiger partial charge in [0.25, 0.3) is 5.91 Å². The number of hydrogen-bond donors (Lipinski definition) is 1. The highest BCUT2D eigenvalue weighted by molar-refractivity contribution is 6.30. The van der Waals surface area contributed by atoms with Gasteiger partial charge in [-0.3, -0.25) is 14.4 Å². The van der Waals surface area contributed by atoms with Crippen LogP contribution >= 0.6 is 11.6 Å². The van der Waals surface area contributed by atoms with Gasteiger partial charge in [-0.2, -0.15) is 0 Å². The van der Waals surface area contributed by atoms with E-state index in [2.05, 4.69) is 0 Å². The van der Waals surface area contributed by atoms with Crippen molar-refractivity contribution >= 4 is 35.1 Å². The fraction of sp³-hybridized carbons (Fsp3) is 0.581. The Morgan fingerprint density at radius 2 is 1.75 bits per heavy atom. The van der Waals surface area contributed by atoms with E-state index in [1.807, 2.05) is 31.2 Å². The van der Waals surface area contributed by atoms with E-state index in [0.717, 1.165) is 32.1 Å². The molecule has 2 fully saturated rings. The number of allylic oxidation sites excluding steroid dienone is 1. The van der Waals surface area contributed by atoms with Crippen molar-refractivity contribution in [3.63, 3.8) is 0 Å². The third kappa shape index (κ3) is 4.99. The molecule has 2 saturated heterocycles. The fourth-order valence-electron chi connectivity index (χ4n) is 6.88. The molecule has 4 aliphatic heterocycles. The van der Waals surface area contributed by atoms with Crippen LogP contribution in [0.25, 0.3) is 0 Å². The Kier molecular flexibility index (Phi) is 8.69. The molecule has 5 rings (SSSR count). The van der Waals surface area contributed by atoms with Crippen LogP contribution in [0.15, 0.2) is 48.6 Å². The lowest BCUT2D eigenvalue weighted by atomic mass is 9.73. The Morgan fingerprint density at radius 1 is 0.975 bits per heavy atom.